The van der Waals surface area contributed by atoms with Gasteiger partial charge in [0.2, 0.25) is 0 Å². The summed E-state index contributed by atoms with van der Waals surface area (Å²) in [5.41, 5.74) is 3.52. The molecule has 0 bridgehead atoms. The summed E-state index contributed by atoms with van der Waals surface area (Å²) in [6, 6.07) is 7.93. The molecule has 2 rings (SSSR count). The van der Waals surface area contributed by atoms with Crippen molar-refractivity contribution in [2.24, 2.45) is 5.10 Å². The molecule has 8 heteroatoms. The van der Waals surface area contributed by atoms with Crippen LogP contribution in [-0.2, 0) is 4.79 Å². The van der Waals surface area contributed by atoms with E-state index >= 15 is 0 Å². The lowest BCUT2D eigenvalue weighted by molar-refractivity contribution is -0.123. The number of hydrazone groups is 1. The van der Waals surface area contributed by atoms with Gasteiger partial charge in [-0.1, -0.05) is 0 Å². The predicted molar refractivity (Wildman–Crippen MR) is 99.3 cm³/mol. The van der Waals surface area contributed by atoms with Crippen LogP contribution in [0, 0.1) is 11.6 Å². The Bertz CT molecular complexity index is 824. The second-order valence-corrected chi connectivity index (χ2v) is 5.57. The summed E-state index contributed by atoms with van der Waals surface area (Å²) >= 11 is 0. The monoisotopic (exact) mass is 377 g/mol. The summed E-state index contributed by atoms with van der Waals surface area (Å²) in [5, 5.41) is 13.8. The molecule has 0 saturated heterocycles. The molecule has 2 aromatic carbocycles. The van der Waals surface area contributed by atoms with Gasteiger partial charge in [0.25, 0.3) is 5.91 Å². The maximum atomic E-state index is 13.4. The first kappa shape index (κ1) is 20.2. The summed E-state index contributed by atoms with van der Waals surface area (Å²) in [5.74, 6) is -2.47. The van der Waals surface area contributed by atoms with Crippen LogP contribution in [0.5, 0.6) is 11.5 Å². The Morgan fingerprint density at radius 1 is 1.22 bits per heavy atom. The van der Waals surface area contributed by atoms with Crippen molar-refractivity contribution in [3.05, 3.63) is 53.6 Å². The second kappa shape index (κ2) is 9.51. The number of aromatic hydroxyl groups is 1. The topological polar surface area (TPSA) is 74.2 Å². The van der Waals surface area contributed by atoms with E-state index in [0.717, 1.165) is 30.9 Å². The van der Waals surface area contributed by atoms with Crippen LogP contribution < -0.4 is 15.1 Å². The molecule has 0 saturated carbocycles. The number of rotatable bonds is 8. The van der Waals surface area contributed by atoms with Crippen molar-refractivity contribution in [1.82, 2.24) is 5.43 Å². The molecule has 6 nitrogen and oxygen atoms in total. The van der Waals surface area contributed by atoms with Crippen molar-refractivity contribution in [2.75, 3.05) is 24.6 Å². The number of carbonyl (C=O) groups is 1. The quantitative estimate of drug-likeness (QED) is 0.548. The van der Waals surface area contributed by atoms with Crippen LogP contribution in [0.1, 0.15) is 19.4 Å². The van der Waals surface area contributed by atoms with E-state index < -0.39 is 24.1 Å². The largest absolute Gasteiger partial charge is 0.507 e. The number of benzene rings is 2. The standard InChI is InChI=1S/C19H21F2N3O3/c1-3-24(4-2)15-7-5-13(17(25)10-15)11-22-23-19(26)12-27-18-8-6-14(20)9-16(18)21/h5-11,25H,3-4,12H2,1-2H3,(H,23,26)/b22-11+. The highest BCUT2D eigenvalue weighted by molar-refractivity contribution is 5.86. The Morgan fingerprint density at radius 3 is 2.59 bits per heavy atom. The molecule has 0 aromatic heterocycles. The first-order valence-corrected chi connectivity index (χ1v) is 8.42. The number of nitrogens with zero attached hydrogens (tertiary/aromatic N) is 2. The van der Waals surface area contributed by atoms with Crippen molar-refractivity contribution in [3.8, 4) is 11.5 Å². The molecule has 144 valence electrons. The predicted octanol–water partition coefficient (Wildman–Crippen LogP) is 3.05. The maximum absolute atomic E-state index is 13.4. The van der Waals surface area contributed by atoms with Gasteiger partial charge in [-0.3, -0.25) is 4.79 Å². The number of phenolic OH excluding ortho intramolecular Hbond substituents is 1. The normalized spacial score (nSPS) is 10.8. The summed E-state index contributed by atoms with van der Waals surface area (Å²) in [4.78, 5) is 13.8. The molecule has 1 amide bonds. The molecule has 0 aliphatic carbocycles. The first-order valence-electron chi connectivity index (χ1n) is 8.42. The third-order valence-electron chi connectivity index (χ3n) is 3.79. The average Bonchev–Trinajstić information content (AvgIpc) is 2.63. The summed E-state index contributed by atoms with van der Waals surface area (Å²) < 4.78 is 31.2. The van der Waals surface area contributed by atoms with E-state index in [1.165, 1.54) is 6.21 Å². The average molecular weight is 377 g/mol. The fourth-order valence-corrected chi connectivity index (χ4v) is 2.37. The molecule has 0 spiro atoms. The molecule has 0 radical (unpaired) electrons. The van der Waals surface area contributed by atoms with Crippen LogP contribution in [0.15, 0.2) is 41.5 Å². The van der Waals surface area contributed by atoms with Crippen molar-refractivity contribution in [1.29, 1.82) is 0 Å². The molecule has 2 aromatic rings. The first-order chi connectivity index (χ1) is 12.9. The van der Waals surface area contributed by atoms with Gasteiger partial charge in [0.05, 0.1) is 6.21 Å². The van der Waals surface area contributed by atoms with Crippen LogP contribution in [0.3, 0.4) is 0 Å². The van der Waals surface area contributed by atoms with E-state index in [4.69, 9.17) is 4.74 Å². The van der Waals surface area contributed by atoms with Crippen molar-refractivity contribution in [3.63, 3.8) is 0 Å². The molecule has 0 heterocycles. The number of amides is 1. The zero-order valence-corrected chi connectivity index (χ0v) is 15.1. The van der Waals surface area contributed by atoms with E-state index in [1.807, 2.05) is 19.9 Å². The maximum Gasteiger partial charge on any atom is 0.277 e. The minimum atomic E-state index is -0.899. The Balaban J connectivity index is 1.90. The third kappa shape index (κ3) is 5.67. The molecule has 0 fully saturated rings. The molecule has 0 aliphatic rings. The molecule has 0 unspecified atom stereocenters. The molecular formula is C19H21F2N3O3. The SMILES string of the molecule is CCN(CC)c1ccc(/C=N/NC(=O)COc2ccc(F)cc2F)c(O)c1. The highest BCUT2D eigenvalue weighted by Gasteiger charge is 2.08. The fraction of sp³-hybridized carbons (Fsp3) is 0.263. The van der Waals surface area contributed by atoms with Crippen molar-refractivity contribution < 1.29 is 23.4 Å². The number of carbonyl (C=O) groups excluding carboxylic acids is 1. The van der Waals surface area contributed by atoms with Crippen LogP contribution in [-0.4, -0.2) is 36.9 Å². The number of anilines is 1. The number of ether oxygens (including phenoxy) is 1. The molecule has 2 N–H and O–H groups in total. The summed E-state index contributed by atoms with van der Waals surface area (Å²) in [7, 11) is 0. The molecule has 27 heavy (non-hydrogen) atoms. The van der Waals surface area contributed by atoms with E-state index in [2.05, 4.69) is 15.4 Å². The Labute approximate surface area is 156 Å². The lowest BCUT2D eigenvalue weighted by Gasteiger charge is -2.21. The van der Waals surface area contributed by atoms with Gasteiger partial charge in [-0.25, -0.2) is 14.2 Å². The summed E-state index contributed by atoms with van der Waals surface area (Å²) in [6.07, 6.45) is 1.29. The number of nitrogens with one attached hydrogen (secondary N) is 1. The van der Waals surface area contributed by atoms with Crippen molar-refractivity contribution in [2.45, 2.75) is 13.8 Å². The van der Waals surface area contributed by atoms with Gasteiger partial charge in [0, 0.05) is 36.5 Å². The number of hydrogen-bond acceptors (Lipinski definition) is 5. The molecule has 0 atom stereocenters. The Hall–Kier alpha value is -3.16. The van der Waals surface area contributed by atoms with Crippen LogP contribution >= 0.6 is 0 Å². The van der Waals surface area contributed by atoms with E-state index in [9.17, 15) is 18.7 Å². The Morgan fingerprint density at radius 2 is 1.96 bits per heavy atom. The van der Waals surface area contributed by atoms with Crippen LogP contribution in [0.25, 0.3) is 0 Å². The smallest absolute Gasteiger partial charge is 0.277 e. The zero-order chi connectivity index (χ0) is 19.8. The minimum absolute atomic E-state index is 0.0297. The van der Waals surface area contributed by atoms with Crippen LogP contribution in [0.2, 0.25) is 0 Å². The van der Waals surface area contributed by atoms with Gasteiger partial charge >= 0.3 is 0 Å². The molecular weight excluding hydrogens is 356 g/mol. The summed E-state index contributed by atoms with van der Waals surface area (Å²) in [6.45, 7) is 5.17. The van der Waals surface area contributed by atoms with Crippen LogP contribution in [0.4, 0.5) is 14.5 Å². The fourth-order valence-electron chi connectivity index (χ4n) is 2.37. The second-order valence-electron chi connectivity index (χ2n) is 5.57. The van der Waals surface area contributed by atoms with Gasteiger partial charge < -0.3 is 14.7 Å². The number of halogens is 2. The van der Waals surface area contributed by atoms with E-state index in [-0.39, 0.29) is 11.5 Å². The van der Waals surface area contributed by atoms with E-state index in [0.29, 0.717) is 11.6 Å². The number of phenols is 1. The third-order valence-corrected chi connectivity index (χ3v) is 3.79. The minimum Gasteiger partial charge on any atom is -0.507 e. The lowest BCUT2D eigenvalue weighted by atomic mass is 10.2. The highest BCUT2D eigenvalue weighted by Crippen LogP contribution is 2.23. The van der Waals surface area contributed by atoms with Gasteiger partial charge in [-0.15, -0.1) is 0 Å². The molecule has 0 aliphatic heterocycles. The number of hydrogen-bond donors (Lipinski definition) is 2. The van der Waals surface area contributed by atoms with Gasteiger partial charge in [-0.05, 0) is 38.1 Å². The Kier molecular flexibility index (Phi) is 7.10. The highest BCUT2D eigenvalue weighted by atomic mass is 19.1. The van der Waals surface area contributed by atoms with Gasteiger partial charge in [0.15, 0.2) is 18.2 Å². The van der Waals surface area contributed by atoms with Gasteiger partial charge in [-0.2, -0.15) is 5.10 Å². The van der Waals surface area contributed by atoms with E-state index in [1.54, 1.807) is 12.1 Å². The lowest BCUT2D eigenvalue weighted by Crippen LogP contribution is -2.24. The van der Waals surface area contributed by atoms with Gasteiger partial charge in [0.1, 0.15) is 11.6 Å². The zero-order valence-electron chi connectivity index (χ0n) is 15.1. The van der Waals surface area contributed by atoms with Crippen molar-refractivity contribution >= 4 is 17.8 Å².